The van der Waals surface area contributed by atoms with Gasteiger partial charge in [0.25, 0.3) is 0 Å². The minimum atomic E-state index is -5.05. The van der Waals surface area contributed by atoms with E-state index in [4.69, 9.17) is 18.5 Å². The lowest BCUT2D eigenvalue weighted by Gasteiger charge is -2.41. The maximum atomic E-state index is 12.8. The van der Waals surface area contributed by atoms with Gasteiger partial charge in [0.1, 0.15) is 42.7 Å². The van der Waals surface area contributed by atoms with E-state index in [1.165, 1.54) is 0 Å². The van der Waals surface area contributed by atoms with Crippen LogP contribution in [0.25, 0.3) is 0 Å². The van der Waals surface area contributed by atoms with Gasteiger partial charge < -0.3 is 39.9 Å². The maximum absolute atomic E-state index is 12.8. The van der Waals surface area contributed by atoms with Crippen LogP contribution in [0.4, 0.5) is 0 Å². The lowest BCUT2D eigenvalue weighted by atomic mass is 9.85. The molecule has 0 aliphatic heterocycles. The van der Waals surface area contributed by atoms with Gasteiger partial charge in [0.15, 0.2) is 0 Å². The first kappa shape index (κ1) is 60.8. The molecule has 6 atom stereocenters. The number of hydrogen-bond donors (Lipinski definition) is 6. The summed E-state index contributed by atoms with van der Waals surface area (Å²) in [7, 11) is -5.05. The summed E-state index contributed by atoms with van der Waals surface area (Å²) in [5.74, 6) is -0.519. The number of allylic oxidation sites excluding steroid dienone is 19. The summed E-state index contributed by atoms with van der Waals surface area (Å²) >= 11 is 0. The van der Waals surface area contributed by atoms with Crippen molar-refractivity contribution in [3.8, 4) is 0 Å². The van der Waals surface area contributed by atoms with Crippen LogP contribution in [0.3, 0.4) is 0 Å². The monoisotopic (exact) mass is 945 g/mol. The van der Waals surface area contributed by atoms with Crippen LogP contribution in [0.2, 0.25) is 0 Å². The molecule has 0 saturated heterocycles. The second kappa shape index (κ2) is 41.9. The lowest BCUT2D eigenvalue weighted by molar-refractivity contribution is -0.220. The Balaban J connectivity index is 2.42. The molecule has 1 aliphatic carbocycles. The van der Waals surface area contributed by atoms with Crippen molar-refractivity contribution in [3.63, 3.8) is 0 Å². The number of unbranched alkanes of at least 4 members (excludes halogenated alkanes) is 7. The molecule has 0 bridgehead atoms. The van der Waals surface area contributed by atoms with Crippen LogP contribution in [0, 0.1) is 0 Å². The molecule has 1 aliphatic rings. The predicted molar refractivity (Wildman–Crippen MR) is 266 cm³/mol. The number of aliphatic hydroxyl groups excluding tert-OH is 5. The van der Waals surface area contributed by atoms with Gasteiger partial charge in [-0.1, -0.05) is 167 Å². The molecule has 0 heterocycles. The van der Waals surface area contributed by atoms with Gasteiger partial charge in [-0.05, 0) is 89.9 Å². The number of carbonyl (C=O) groups is 1. The minimum absolute atomic E-state index is 0.144. The fourth-order valence-electron chi connectivity index (χ4n) is 6.56. The van der Waals surface area contributed by atoms with Gasteiger partial charge >= 0.3 is 13.8 Å². The largest absolute Gasteiger partial charge is 0.472 e. The van der Waals surface area contributed by atoms with Crippen molar-refractivity contribution >= 4 is 13.8 Å². The standard InChI is InChI=1S/C53H85O12P/c1-3-5-7-9-11-13-15-17-19-21-22-23-24-25-26-27-28-30-32-34-36-38-40-42-47(54)64-46(45-63-66(60,61)65-53-51(58)49(56)48(55)50(57)52(53)59)44-62-43-41-39-37-35-33-31-29-20-18-16-14-12-10-8-6-4-2/h5-8,11-14,17-20,22-23,25-26,31,33,37,39,46,48-53,55-59H,3-4,9-10,15-16,21,24,27-30,32,34-36,38,40-45H2,1-2H3,(H,60,61)/b7-5-,8-6-,13-11-,14-12-,19-17-,20-18-,23-22-,26-25-,33-31-,39-37-. The maximum Gasteiger partial charge on any atom is 0.472 e. The Morgan fingerprint density at radius 1 is 0.485 bits per heavy atom. The van der Waals surface area contributed by atoms with E-state index in [0.717, 1.165) is 109 Å². The quantitative estimate of drug-likeness (QED) is 0.0148. The molecule has 0 radical (unpaired) electrons. The molecule has 0 aromatic heterocycles. The number of phosphoric acid groups is 1. The fraction of sp³-hybridized carbons (Fsp3) is 0.604. The number of carbonyl (C=O) groups excluding carboxylic acids is 1. The molecule has 0 aromatic rings. The Hall–Kier alpha value is -3.26. The van der Waals surface area contributed by atoms with Crippen LogP contribution in [0.5, 0.6) is 0 Å². The molecule has 0 spiro atoms. The van der Waals surface area contributed by atoms with Crippen LogP contribution in [0.15, 0.2) is 122 Å². The van der Waals surface area contributed by atoms with Crippen molar-refractivity contribution in [2.45, 2.75) is 185 Å². The van der Waals surface area contributed by atoms with E-state index in [9.17, 15) is 39.8 Å². The average molecular weight is 945 g/mol. The molecule has 1 fully saturated rings. The third kappa shape index (κ3) is 33.3. The van der Waals surface area contributed by atoms with E-state index in [-0.39, 0.29) is 19.6 Å². The third-order valence-corrected chi connectivity index (χ3v) is 11.3. The molecule has 1 saturated carbocycles. The Kier molecular flexibility index (Phi) is 38.6. The molecule has 6 N–H and O–H groups in total. The van der Waals surface area contributed by atoms with Crippen LogP contribution in [-0.2, 0) is 27.9 Å². The van der Waals surface area contributed by atoms with Crippen molar-refractivity contribution in [3.05, 3.63) is 122 Å². The number of hydrogen-bond acceptors (Lipinski definition) is 11. The summed E-state index contributed by atoms with van der Waals surface area (Å²) in [6, 6.07) is 0. The molecule has 12 nitrogen and oxygen atoms in total. The summed E-state index contributed by atoms with van der Waals surface area (Å²) < 4.78 is 34.1. The Bertz CT molecular complexity index is 1540. The van der Waals surface area contributed by atoms with Gasteiger partial charge in [-0.25, -0.2) is 4.57 Å². The molecular weight excluding hydrogens is 860 g/mol. The van der Waals surface area contributed by atoms with E-state index < -0.39 is 63.1 Å². The van der Waals surface area contributed by atoms with E-state index in [0.29, 0.717) is 12.8 Å². The van der Waals surface area contributed by atoms with E-state index in [2.05, 4.69) is 123 Å². The summed E-state index contributed by atoms with van der Waals surface area (Å²) in [5, 5.41) is 50.2. The highest BCUT2D eigenvalue weighted by atomic mass is 31.2. The Morgan fingerprint density at radius 3 is 1.29 bits per heavy atom. The zero-order valence-electron chi connectivity index (χ0n) is 39.9. The summed E-state index contributed by atoms with van der Waals surface area (Å²) in [4.78, 5) is 23.2. The summed E-state index contributed by atoms with van der Waals surface area (Å²) in [6.45, 7) is 3.79. The zero-order valence-corrected chi connectivity index (χ0v) is 40.8. The van der Waals surface area contributed by atoms with Crippen LogP contribution >= 0.6 is 7.82 Å². The molecule has 1 rings (SSSR count). The lowest BCUT2D eigenvalue weighted by Crippen LogP contribution is -2.64. The molecule has 13 heteroatoms. The van der Waals surface area contributed by atoms with Gasteiger partial charge in [0.05, 0.1) is 19.8 Å². The number of ether oxygens (including phenoxy) is 2. The first-order valence-electron chi connectivity index (χ1n) is 24.4. The van der Waals surface area contributed by atoms with Crippen molar-refractivity contribution in [1.29, 1.82) is 0 Å². The van der Waals surface area contributed by atoms with Crippen molar-refractivity contribution < 1.29 is 58.3 Å². The highest BCUT2D eigenvalue weighted by Gasteiger charge is 2.51. The second-order valence-electron chi connectivity index (χ2n) is 16.2. The van der Waals surface area contributed by atoms with Gasteiger partial charge in [0.2, 0.25) is 0 Å². The normalized spacial score (nSPS) is 22.5. The SMILES string of the molecule is CC/C=C\C/C=C\C/C=C\C/C=C\C/C=C\CCCCCCCCCC(=O)OC(COCC/C=C\C/C=C\C/C=C\C/C=C\C/C=C\CC)COP(=O)(O)OC1C(O)C(O)C(O)C(O)C1O. The summed E-state index contributed by atoms with van der Waals surface area (Å²) in [5.41, 5.74) is 0. The molecule has 0 aromatic carbocycles. The van der Waals surface area contributed by atoms with Crippen LogP contribution in [-0.4, -0.2) is 98.9 Å². The van der Waals surface area contributed by atoms with E-state index in [1.807, 2.05) is 12.2 Å². The van der Waals surface area contributed by atoms with Crippen molar-refractivity contribution in [2.24, 2.45) is 0 Å². The van der Waals surface area contributed by atoms with E-state index in [1.54, 1.807) is 0 Å². The molecule has 0 amide bonds. The Labute approximate surface area is 397 Å². The Morgan fingerprint density at radius 2 is 0.848 bits per heavy atom. The molecule has 6 unspecified atom stereocenters. The number of rotatable bonds is 39. The number of esters is 1. The highest BCUT2D eigenvalue weighted by molar-refractivity contribution is 7.47. The second-order valence-corrected chi connectivity index (χ2v) is 17.6. The topological polar surface area (TPSA) is 192 Å². The van der Waals surface area contributed by atoms with E-state index >= 15 is 0 Å². The van der Waals surface area contributed by atoms with Crippen molar-refractivity contribution in [2.75, 3.05) is 19.8 Å². The molecule has 66 heavy (non-hydrogen) atoms. The number of phosphoric ester groups is 1. The van der Waals surface area contributed by atoms with Gasteiger partial charge in [-0.15, -0.1) is 0 Å². The highest BCUT2D eigenvalue weighted by Crippen LogP contribution is 2.47. The van der Waals surface area contributed by atoms with Gasteiger partial charge in [-0.2, -0.15) is 0 Å². The van der Waals surface area contributed by atoms with Gasteiger partial charge in [-0.3, -0.25) is 13.8 Å². The zero-order chi connectivity index (χ0) is 48.4. The van der Waals surface area contributed by atoms with Crippen LogP contribution in [0.1, 0.15) is 142 Å². The smallest absolute Gasteiger partial charge is 0.457 e. The average Bonchev–Trinajstić information content (AvgIpc) is 3.30. The third-order valence-electron chi connectivity index (χ3n) is 10.3. The molecular formula is C53H85O12P. The fourth-order valence-corrected chi connectivity index (χ4v) is 7.54. The predicted octanol–water partition coefficient (Wildman–Crippen LogP) is 10.6. The first-order valence-corrected chi connectivity index (χ1v) is 25.9. The number of aliphatic hydroxyl groups is 5. The molecule has 374 valence electrons. The van der Waals surface area contributed by atoms with Gasteiger partial charge in [0, 0.05) is 6.42 Å². The minimum Gasteiger partial charge on any atom is -0.457 e. The van der Waals surface area contributed by atoms with Crippen molar-refractivity contribution in [1.82, 2.24) is 0 Å². The summed E-state index contributed by atoms with van der Waals surface area (Å²) in [6.07, 6.45) is 48.5. The van der Waals surface area contributed by atoms with Crippen LogP contribution < -0.4 is 0 Å². The first-order chi connectivity index (χ1) is 32.0.